The monoisotopic (exact) mass is 433 g/mol. The molecule has 0 saturated heterocycles. The number of nitrogens with one attached hydrogen (secondary N) is 2. The average Bonchev–Trinajstić information content (AvgIpc) is 3.03. The predicted molar refractivity (Wildman–Crippen MR) is 119 cm³/mol. The molecule has 140 valence electrons. The lowest BCUT2D eigenvalue weighted by atomic mass is 10.0. The van der Waals surface area contributed by atoms with E-state index in [1.165, 1.54) is 5.56 Å². The van der Waals surface area contributed by atoms with E-state index in [4.69, 9.17) is 4.99 Å². The van der Waals surface area contributed by atoms with Gasteiger partial charge in [0.15, 0.2) is 5.88 Å². The quantitative estimate of drug-likeness (QED) is 0.362. The average molecular weight is 434 g/mol. The minimum atomic E-state index is 0.113. The minimum Gasteiger partial charge on any atom is -0.494 e. The second kappa shape index (κ2) is 8.00. The fourth-order valence-corrected chi connectivity index (χ4v) is 3.64. The third-order valence-corrected chi connectivity index (χ3v) is 5.08. The number of H-pyrrole nitrogens is 1. The van der Waals surface area contributed by atoms with Crippen LogP contribution in [0.5, 0.6) is 5.88 Å². The van der Waals surface area contributed by atoms with Gasteiger partial charge in [-0.2, -0.15) is 0 Å². The molecule has 0 bridgehead atoms. The second-order valence-electron chi connectivity index (χ2n) is 6.56. The maximum Gasteiger partial charge on any atom is 0.199 e. The number of rotatable bonds is 5. The summed E-state index contributed by atoms with van der Waals surface area (Å²) < 4.78 is 0.950. The maximum atomic E-state index is 10.7. The van der Waals surface area contributed by atoms with Gasteiger partial charge in [0.25, 0.3) is 0 Å². The third-order valence-electron chi connectivity index (χ3n) is 4.58. The van der Waals surface area contributed by atoms with Crippen molar-refractivity contribution < 1.29 is 5.11 Å². The number of aromatic nitrogens is 1. The van der Waals surface area contributed by atoms with Gasteiger partial charge in [0.2, 0.25) is 0 Å². The zero-order chi connectivity index (χ0) is 19.5. The SMILES string of the molecule is CNCc1ccc(N=C(c2ccccc2)c2c(O)[nH]c3cc(Br)ccc23)cc1. The van der Waals surface area contributed by atoms with Crippen molar-refractivity contribution in [1.82, 2.24) is 10.3 Å². The van der Waals surface area contributed by atoms with E-state index in [0.29, 0.717) is 5.56 Å². The summed E-state index contributed by atoms with van der Waals surface area (Å²) in [5.41, 5.74) is 5.27. The highest BCUT2D eigenvalue weighted by atomic mass is 79.9. The first kappa shape index (κ1) is 18.5. The second-order valence-corrected chi connectivity index (χ2v) is 7.48. The van der Waals surface area contributed by atoms with Crippen LogP contribution in [0, 0.1) is 0 Å². The Balaban J connectivity index is 1.89. The Bertz CT molecular complexity index is 1130. The van der Waals surface area contributed by atoms with E-state index in [-0.39, 0.29) is 5.88 Å². The number of fused-ring (bicyclic) bond motifs is 1. The predicted octanol–water partition coefficient (Wildman–Crippen LogP) is 5.52. The van der Waals surface area contributed by atoms with E-state index in [9.17, 15) is 5.11 Å². The summed E-state index contributed by atoms with van der Waals surface area (Å²) in [5.74, 6) is 0.113. The number of nitrogens with zero attached hydrogens (tertiary/aromatic N) is 1. The molecular formula is C23H20BrN3O. The molecule has 3 N–H and O–H groups in total. The molecule has 0 spiro atoms. The van der Waals surface area contributed by atoms with Crippen LogP contribution in [0.1, 0.15) is 16.7 Å². The van der Waals surface area contributed by atoms with E-state index in [2.05, 4.69) is 38.4 Å². The van der Waals surface area contributed by atoms with Crippen LogP contribution in [0.4, 0.5) is 5.69 Å². The third kappa shape index (κ3) is 3.72. The molecule has 4 nitrogen and oxygen atoms in total. The summed E-state index contributed by atoms with van der Waals surface area (Å²) in [6.45, 7) is 0.813. The van der Waals surface area contributed by atoms with Crippen LogP contribution in [0.3, 0.4) is 0 Å². The van der Waals surface area contributed by atoms with Gasteiger partial charge in [-0.3, -0.25) is 0 Å². The molecule has 1 aromatic heterocycles. The van der Waals surface area contributed by atoms with Gasteiger partial charge in [0.1, 0.15) is 0 Å². The Morgan fingerprint density at radius 2 is 1.79 bits per heavy atom. The minimum absolute atomic E-state index is 0.113. The highest BCUT2D eigenvalue weighted by molar-refractivity contribution is 9.10. The lowest BCUT2D eigenvalue weighted by Gasteiger charge is -2.08. The van der Waals surface area contributed by atoms with E-state index >= 15 is 0 Å². The molecule has 4 aromatic rings. The molecule has 4 rings (SSSR count). The van der Waals surface area contributed by atoms with Crippen molar-refractivity contribution in [1.29, 1.82) is 0 Å². The Labute approximate surface area is 172 Å². The van der Waals surface area contributed by atoms with Crippen LogP contribution < -0.4 is 5.32 Å². The van der Waals surface area contributed by atoms with Crippen molar-refractivity contribution in [2.45, 2.75) is 6.54 Å². The van der Waals surface area contributed by atoms with Gasteiger partial charge in [-0.25, -0.2) is 4.99 Å². The van der Waals surface area contributed by atoms with Gasteiger partial charge >= 0.3 is 0 Å². The van der Waals surface area contributed by atoms with Crippen molar-refractivity contribution in [2.75, 3.05) is 7.05 Å². The van der Waals surface area contributed by atoms with Gasteiger partial charge in [-0.05, 0) is 36.9 Å². The van der Waals surface area contributed by atoms with Crippen molar-refractivity contribution >= 4 is 38.2 Å². The van der Waals surface area contributed by atoms with E-state index < -0.39 is 0 Å². The van der Waals surface area contributed by atoms with E-state index in [1.807, 2.05) is 67.7 Å². The smallest absolute Gasteiger partial charge is 0.199 e. The molecule has 0 aliphatic carbocycles. The topological polar surface area (TPSA) is 60.4 Å². The van der Waals surface area contributed by atoms with Crippen LogP contribution in [0.15, 0.2) is 82.3 Å². The number of aliphatic imine (C=N–C) groups is 1. The highest BCUT2D eigenvalue weighted by Gasteiger charge is 2.18. The number of benzene rings is 3. The molecule has 0 saturated carbocycles. The van der Waals surface area contributed by atoms with E-state index in [1.54, 1.807) is 0 Å². The molecule has 0 aliphatic rings. The Kier molecular flexibility index (Phi) is 5.28. The standard InChI is InChI=1S/C23H20BrN3O/c1-25-14-15-7-10-18(11-8-15)26-22(16-5-3-2-4-6-16)21-19-12-9-17(24)13-20(19)27-23(21)28/h2-13,25,27-28H,14H2,1H3. The summed E-state index contributed by atoms with van der Waals surface area (Å²) >= 11 is 3.48. The zero-order valence-corrected chi connectivity index (χ0v) is 17.0. The summed E-state index contributed by atoms with van der Waals surface area (Å²) in [4.78, 5) is 7.98. The number of halogens is 1. The molecule has 28 heavy (non-hydrogen) atoms. The molecule has 0 aliphatic heterocycles. The van der Waals surface area contributed by atoms with Crippen molar-refractivity contribution in [3.8, 4) is 5.88 Å². The summed E-state index contributed by atoms with van der Waals surface area (Å²) in [6, 6.07) is 24.0. The molecule has 1 heterocycles. The Hall–Kier alpha value is -2.89. The Morgan fingerprint density at radius 1 is 1.04 bits per heavy atom. The molecule has 0 atom stereocenters. The van der Waals surface area contributed by atoms with Gasteiger partial charge in [-0.1, -0.05) is 64.5 Å². The van der Waals surface area contributed by atoms with Gasteiger partial charge in [0.05, 0.1) is 22.5 Å². The van der Waals surface area contributed by atoms with Crippen LogP contribution in [-0.4, -0.2) is 22.8 Å². The van der Waals surface area contributed by atoms with Crippen LogP contribution in [-0.2, 0) is 6.54 Å². The van der Waals surface area contributed by atoms with Crippen LogP contribution in [0.25, 0.3) is 10.9 Å². The fraction of sp³-hybridized carbons (Fsp3) is 0.0870. The molecular weight excluding hydrogens is 414 g/mol. The highest BCUT2D eigenvalue weighted by Crippen LogP contribution is 2.32. The van der Waals surface area contributed by atoms with Crippen molar-refractivity contribution in [2.24, 2.45) is 4.99 Å². The molecule has 0 amide bonds. The number of hydrogen-bond donors (Lipinski definition) is 3. The first-order chi connectivity index (χ1) is 13.7. The number of aromatic amines is 1. The van der Waals surface area contributed by atoms with Crippen LogP contribution >= 0.6 is 15.9 Å². The Morgan fingerprint density at radius 3 is 2.50 bits per heavy atom. The van der Waals surface area contributed by atoms with Gasteiger partial charge < -0.3 is 15.4 Å². The first-order valence-electron chi connectivity index (χ1n) is 9.04. The van der Waals surface area contributed by atoms with Gasteiger partial charge in [0, 0.05) is 22.0 Å². The van der Waals surface area contributed by atoms with Crippen molar-refractivity contribution in [3.63, 3.8) is 0 Å². The summed E-state index contributed by atoms with van der Waals surface area (Å²) in [7, 11) is 1.93. The summed E-state index contributed by atoms with van der Waals surface area (Å²) in [5, 5.41) is 14.8. The maximum absolute atomic E-state index is 10.7. The molecule has 0 fully saturated rings. The molecule has 0 unspecified atom stereocenters. The molecule has 0 radical (unpaired) electrons. The zero-order valence-electron chi connectivity index (χ0n) is 15.4. The molecule has 5 heteroatoms. The normalized spacial score (nSPS) is 11.9. The first-order valence-corrected chi connectivity index (χ1v) is 9.83. The van der Waals surface area contributed by atoms with E-state index in [0.717, 1.165) is 38.9 Å². The lowest BCUT2D eigenvalue weighted by molar-refractivity contribution is 0.457. The number of hydrogen-bond acceptors (Lipinski definition) is 3. The largest absolute Gasteiger partial charge is 0.494 e. The van der Waals surface area contributed by atoms with Crippen LogP contribution in [0.2, 0.25) is 0 Å². The summed E-state index contributed by atoms with van der Waals surface area (Å²) in [6.07, 6.45) is 0. The lowest BCUT2D eigenvalue weighted by Crippen LogP contribution is -2.04. The van der Waals surface area contributed by atoms with Gasteiger partial charge in [-0.15, -0.1) is 0 Å². The molecule has 3 aromatic carbocycles. The fourth-order valence-electron chi connectivity index (χ4n) is 3.28. The number of aromatic hydroxyl groups is 1. The van der Waals surface area contributed by atoms with Crippen molar-refractivity contribution in [3.05, 3.63) is 94.0 Å².